The van der Waals surface area contributed by atoms with Crippen molar-refractivity contribution in [3.63, 3.8) is 0 Å². The number of aromatic carboxylic acids is 1. The van der Waals surface area contributed by atoms with Crippen LogP contribution in [0.4, 0.5) is 0 Å². The van der Waals surface area contributed by atoms with Gasteiger partial charge in [0, 0.05) is 13.1 Å². The molecule has 1 aromatic carbocycles. The molecule has 1 N–H and O–H groups in total. The second-order valence-electron chi connectivity index (χ2n) is 5.77. The first-order valence-corrected chi connectivity index (χ1v) is 7.21. The van der Waals surface area contributed by atoms with Crippen molar-refractivity contribution in [3.8, 4) is 5.75 Å². The Morgan fingerprint density at radius 3 is 2.60 bits per heavy atom. The third-order valence-corrected chi connectivity index (χ3v) is 3.88. The van der Waals surface area contributed by atoms with Crippen molar-refractivity contribution in [1.82, 2.24) is 4.90 Å². The second kappa shape index (κ2) is 6.75. The Morgan fingerprint density at radius 2 is 2.05 bits per heavy atom. The zero-order chi connectivity index (χ0) is 14.5. The fraction of sp³-hybridized carbons (Fsp3) is 0.562. The normalized spacial score (nSPS) is 20.9. The first kappa shape index (κ1) is 14.9. The van der Waals surface area contributed by atoms with E-state index in [2.05, 4.69) is 18.9 Å². The van der Waals surface area contributed by atoms with Gasteiger partial charge in [-0.15, -0.1) is 0 Å². The largest absolute Gasteiger partial charge is 0.494 e. The van der Waals surface area contributed by atoms with Crippen molar-refractivity contribution in [1.29, 1.82) is 0 Å². The van der Waals surface area contributed by atoms with Crippen LogP contribution in [0.1, 0.15) is 30.1 Å². The Bertz CT molecular complexity index is 444. The molecule has 0 aliphatic heterocycles. The van der Waals surface area contributed by atoms with Gasteiger partial charge in [0.2, 0.25) is 0 Å². The highest BCUT2D eigenvalue weighted by atomic mass is 16.5. The lowest BCUT2D eigenvalue weighted by molar-refractivity contribution is 0.0697. The van der Waals surface area contributed by atoms with Crippen LogP contribution in [0.25, 0.3) is 0 Å². The molecule has 2 rings (SSSR count). The van der Waals surface area contributed by atoms with Gasteiger partial charge in [0.15, 0.2) is 0 Å². The van der Waals surface area contributed by atoms with Crippen molar-refractivity contribution < 1.29 is 14.6 Å². The average molecular weight is 277 g/mol. The van der Waals surface area contributed by atoms with Crippen LogP contribution < -0.4 is 4.74 Å². The SMILES string of the molecule is CC1CC1CN(C)CCCOc1ccc(C(=O)O)cc1. The van der Waals surface area contributed by atoms with Gasteiger partial charge < -0.3 is 14.7 Å². The minimum absolute atomic E-state index is 0.288. The first-order valence-electron chi connectivity index (χ1n) is 7.21. The fourth-order valence-corrected chi connectivity index (χ4v) is 2.36. The molecule has 0 radical (unpaired) electrons. The summed E-state index contributed by atoms with van der Waals surface area (Å²) >= 11 is 0. The standard InChI is InChI=1S/C16H23NO3/c1-12-10-14(12)11-17(2)8-3-9-20-15-6-4-13(5-7-15)16(18)19/h4-7,12,14H,3,8-11H2,1-2H3,(H,18,19). The summed E-state index contributed by atoms with van der Waals surface area (Å²) in [4.78, 5) is 13.1. The molecule has 0 heterocycles. The zero-order valence-corrected chi connectivity index (χ0v) is 12.2. The van der Waals surface area contributed by atoms with Crippen molar-refractivity contribution in [2.75, 3.05) is 26.7 Å². The molecule has 0 amide bonds. The summed E-state index contributed by atoms with van der Waals surface area (Å²) in [7, 11) is 2.16. The van der Waals surface area contributed by atoms with Crippen LogP contribution in [0.15, 0.2) is 24.3 Å². The Balaban J connectivity index is 1.61. The molecule has 1 aliphatic rings. The molecule has 0 aromatic heterocycles. The maximum absolute atomic E-state index is 10.7. The summed E-state index contributed by atoms with van der Waals surface area (Å²) in [6.45, 7) is 5.20. The number of carboxylic acid groups (broad SMARTS) is 1. The molecule has 2 unspecified atom stereocenters. The number of ether oxygens (including phenoxy) is 1. The highest BCUT2D eigenvalue weighted by Gasteiger charge is 2.32. The number of hydrogen-bond donors (Lipinski definition) is 1. The first-order chi connectivity index (χ1) is 9.56. The van der Waals surface area contributed by atoms with E-state index in [0.717, 1.165) is 30.6 Å². The van der Waals surface area contributed by atoms with Crippen LogP contribution in [0.3, 0.4) is 0 Å². The summed E-state index contributed by atoms with van der Waals surface area (Å²) < 4.78 is 5.61. The van der Waals surface area contributed by atoms with E-state index in [4.69, 9.17) is 9.84 Å². The summed E-state index contributed by atoms with van der Waals surface area (Å²) in [5.74, 6) is 1.62. The minimum atomic E-state index is -0.910. The van der Waals surface area contributed by atoms with Crippen molar-refractivity contribution in [2.24, 2.45) is 11.8 Å². The number of hydrogen-bond acceptors (Lipinski definition) is 3. The lowest BCUT2D eigenvalue weighted by Gasteiger charge is -2.16. The molecule has 1 saturated carbocycles. The van der Waals surface area contributed by atoms with E-state index in [-0.39, 0.29) is 5.56 Å². The molecule has 1 fully saturated rings. The number of rotatable bonds is 8. The average Bonchev–Trinajstić information content (AvgIpc) is 3.10. The molecule has 2 atom stereocenters. The van der Waals surface area contributed by atoms with Gasteiger partial charge in [-0.2, -0.15) is 0 Å². The number of benzene rings is 1. The van der Waals surface area contributed by atoms with E-state index < -0.39 is 5.97 Å². The molecule has 4 heteroatoms. The molecule has 0 saturated heterocycles. The smallest absolute Gasteiger partial charge is 0.335 e. The molecule has 110 valence electrons. The maximum Gasteiger partial charge on any atom is 0.335 e. The Morgan fingerprint density at radius 1 is 1.40 bits per heavy atom. The van der Waals surface area contributed by atoms with Crippen molar-refractivity contribution in [3.05, 3.63) is 29.8 Å². The molecule has 0 spiro atoms. The third-order valence-electron chi connectivity index (χ3n) is 3.88. The lowest BCUT2D eigenvalue weighted by Crippen LogP contribution is -2.23. The van der Waals surface area contributed by atoms with Gasteiger partial charge in [0.25, 0.3) is 0 Å². The predicted molar refractivity (Wildman–Crippen MR) is 78.3 cm³/mol. The van der Waals surface area contributed by atoms with Crippen LogP contribution in [0.2, 0.25) is 0 Å². The van der Waals surface area contributed by atoms with Gasteiger partial charge in [0.05, 0.1) is 12.2 Å². The lowest BCUT2D eigenvalue weighted by atomic mass is 10.2. The van der Waals surface area contributed by atoms with Crippen LogP contribution >= 0.6 is 0 Å². The number of carboxylic acids is 1. The van der Waals surface area contributed by atoms with Gasteiger partial charge in [-0.1, -0.05) is 6.92 Å². The van der Waals surface area contributed by atoms with Gasteiger partial charge in [-0.05, 0) is 56.0 Å². The van der Waals surface area contributed by atoms with Crippen LogP contribution in [0.5, 0.6) is 5.75 Å². The van der Waals surface area contributed by atoms with Crippen molar-refractivity contribution in [2.45, 2.75) is 19.8 Å². The fourth-order valence-electron chi connectivity index (χ4n) is 2.36. The molecule has 1 aromatic rings. The summed E-state index contributed by atoms with van der Waals surface area (Å²) in [5.41, 5.74) is 0.288. The second-order valence-corrected chi connectivity index (χ2v) is 5.77. The predicted octanol–water partition coefficient (Wildman–Crippen LogP) is 2.74. The third kappa shape index (κ3) is 4.53. The zero-order valence-electron chi connectivity index (χ0n) is 12.2. The monoisotopic (exact) mass is 277 g/mol. The van der Waals surface area contributed by atoms with E-state index in [1.54, 1.807) is 24.3 Å². The Labute approximate surface area is 120 Å². The molecular formula is C16H23NO3. The van der Waals surface area contributed by atoms with Crippen molar-refractivity contribution >= 4 is 5.97 Å². The van der Waals surface area contributed by atoms with Crippen LogP contribution in [-0.2, 0) is 0 Å². The molecule has 0 bridgehead atoms. The number of carbonyl (C=O) groups is 1. The Kier molecular flexibility index (Phi) is 5.01. The van der Waals surface area contributed by atoms with E-state index in [0.29, 0.717) is 6.61 Å². The molecule has 4 nitrogen and oxygen atoms in total. The highest BCUT2D eigenvalue weighted by Crippen LogP contribution is 2.37. The van der Waals surface area contributed by atoms with E-state index >= 15 is 0 Å². The van der Waals surface area contributed by atoms with Crippen LogP contribution in [-0.4, -0.2) is 42.7 Å². The maximum atomic E-state index is 10.7. The molecular weight excluding hydrogens is 254 g/mol. The summed E-state index contributed by atoms with van der Waals surface area (Å²) in [6.07, 6.45) is 2.36. The van der Waals surface area contributed by atoms with Gasteiger partial charge in [0.1, 0.15) is 5.75 Å². The highest BCUT2D eigenvalue weighted by molar-refractivity contribution is 5.87. The van der Waals surface area contributed by atoms with Gasteiger partial charge in [-0.3, -0.25) is 0 Å². The van der Waals surface area contributed by atoms with Gasteiger partial charge in [-0.25, -0.2) is 4.79 Å². The molecule has 20 heavy (non-hydrogen) atoms. The number of nitrogens with zero attached hydrogens (tertiary/aromatic N) is 1. The van der Waals surface area contributed by atoms with Crippen LogP contribution in [0, 0.1) is 11.8 Å². The Hall–Kier alpha value is -1.55. The summed E-state index contributed by atoms with van der Waals surface area (Å²) in [5, 5.41) is 8.80. The molecule has 1 aliphatic carbocycles. The topological polar surface area (TPSA) is 49.8 Å². The minimum Gasteiger partial charge on any atom is -0.494 e. The summed E-state index contributed by atoms with van der Waals surface area (Å²) in [6, 6.07) is 6.55. The van der Waals surface area contributed by atoms with Gasteiger partial charge >= 0.3 is 5.97 Å². The van der Waals surface area contributed by atoms with E-state index in [1.165, 1.54) is 13.0 Å². The van der Waals surface area contributed by atoms with E-state index in [9.17, 15) is 4.79 Å². The van der Waals surface area contributed by atoms with E-state index in [1.807, 2.05) is 0 Å². The quantitative estimate of drug-likeness (QED) is 0.742.